The van der Waals surface area contributed by atoms with Gasteiger partial charge < -0.3 is 10.0 Å². The molecule has 0 saturated carbocycles. The molecule has 0 bridgehead atoms. The number of hydrogen-bond donors (Lipinski definition) is 1. The van der Waals surface area contributed by atoms with Crippen LogP contribution < -0.4 is 4.90 Å². The maximum absolute atomic E-state index is 9.91. The number of aliphatic hydroxyl groups is 1. The smallest absolute Gasteiger partial charge is 0.0992 e. The average molecular weight is 258 g/mol. The number of nitrogens with zero attached hydrogens (tertiary/aromatic N) is 2. The fourth-order valence-corrected chi connectivity index (χ4v) is 2.72. The Hall–Kier alpha value is -1.53. The minimum absolute atomic E-state index is 0.502. The average Bonchev–Trinajstić information content (AvgIpc) is 2.41. The van der Waals surface area contributed by atoms with E-state index in [-0.39, 0.29) is 0 Å². The molecule has 1 aromatic carbocycles. The zero-order chi connectivity index (χ0) is 14.0. The number of anilines is 1. The molecule has 1 N–H and O–H groups in total. The number of piperidine rings is 1. The van der Waals surface area contributed by atoms with E-state index in [2.05, 4.69) is 24.8 Å². The molecule has 1 saturated heterocycles. The molecule has 2 rings (SSSR count). The van der Waals surface area contributed by atoms with Crippen molar-refractivity contribution in [3.63, 3.8) is 0 Å². The van der Waals surface area contributed by atoms with Crippen LogP contribution in [0.3, 0.4) is 0 Å². The third-order valence-corrected chi connectivity index (χ3v) is 4.28. The Morgan fingerprint density at radius 1 is 1.37 bits per heavy atom. The van der Waals surface area contributed by atoms with Crippen molar-refractivity contribution in [2.45, 2.75) is 33.3 Å². The monoisotopic (exact) mass is 258 g/mol. The first-order valence-corrected chi connectivity index (χ1v) is 7.00. The van der Waals surface area contributed by atoms with Gasteiger partial charge in [0.1, 0.15) is 0 Å². The van der Waals surface area contributed by atoms with Gasteiger partial charge in [-0.25, -0.2) is 0 Å². The molecule has 1 fully saturated rings. The highest BCUT2D eigenvalue weighted by Gasteiger charge is 2.25. The van der Waals surface area contributed by atoms with Crippen molar-refractivity contribution in [1.29, 1.82) is 5.26 Å². The van der Waals surface area contributed by atoms with E-state index in [0.717, 1.165) is 36.7 Å². The minimum atomic E-state index is -0.502. The number of benzene rings is 1. The van der Waals surface area contributed by atoms with Crippen molar-refractivity contribution in [1.82, 2.24) is 0 Å². The Morgan fingerprint density at radius 3 is 2.68 bits per heavy atom. The number of hydrogen-bond acceptors (Lipinski definition) is 3. The lowest BCUT2D eigenvalue weighted by molar-refractivity contribution is 0.199. The van der Waals surface area contributed by atoms with Gasteiger partial charge in [0.2, 0.25) is 0 Å². The summed E-state index contributed by atoms with van der Waals surface area (Å²) in [5.41, 5.74) is 2.60. The predicted octanol–water partition coefficient (Wildman–Crippen LogP) is 3.09. The largest absolute Gasteiger partial charge is 0.389 e. The van der Waals surface area contributed by atoms with Crippen LogP contribution in [0, 0.1) is 23.2 Å². The molecule has 1 heterocycles. The summed E-state index contributed by atoms with van der Waals surface area (Å²) in [4.78, 5) is 2.31. The van der Waals surface area contributed by atoms with Gasteiger partial charge in [-0.3, -0.25) is 0 Å². The second-order valence-electron chi connectivity index (χ2n) is 5.75. The Bertz CT molecular complexity index is 490. The summed E-state index contributed by atoms with van der Waals surface area (Å²) in [6, 6.07) is 7.75. The molecular weight excluding hydrogens is 236 g/mol. The summed E-state index contributed by atoms with van der Waals surface area (Å²) in [6.45, 7) is 8.34. The summed E-state index contributed by atoms with van der Waals surface area (Å²) < 4.78 is 0. The van der Waals surface area contributed by atoms with E-state index in [1.54, 1.807) is 13.0 Å². The van der Waals surface area contributed by atoms with Crippen LogP contribution >= 0.6 is 0 Å². The standard InChI is InChI=1S/C16H22N2O/c1-11-6-7-18(10-12(11)2)16-8-14(9-17)4-5-15(16)13(3)19/h4-5,8,11-13,19H,6-7,10H2,1-3H3. The van der Waals surface area contributed by atoms with Crippen molar-refractivity contribution in [3.8, 4) is 6.07 Å². The second kappa shape index (κ2) is 5.63. The molecule has 1 aliphatic heterocycles. The molecule has 3 unspecified atom stereocenters. The SMILES string of the molecule is CC(O)c1ccc(C#N)cc1N1CCC(C)C(C)C1. The van der Waals surface area contributed by atoms with Crippen LogP contribution in [0.2, 0.25) is 0 Å². The Morgan fingerprint density at radius 2 is 2.11 bits per heavy atom. The number of nitriles is 1. The van der Waals surface area contributed by atoms with Crippen LogP contribution in [0.4, 0.5) is 5.69 Å². The maximum atomic E-state index is 9.91. The molecule has 0 aliphatic carbocycles. The van der Waals surface area contributed by atoms with Crippen molar-refractivity contribution >= 4 is 5.69 Å². The lowest BCUT2D eigenvalue weighted by atomic mass is 9.88. The van der Waals surface area contributed by atoms with Gasteiger partial charge in [-0.1, -0.05) is 19.9 Å². The summed E-state index contributed by atoms with van der Waals surface area (Å²) in [7, 11) is 0. The fourth-order valence-electron chi connectivity index (χ4n) is 2.72. The summed E-state index contributed by atoms with van der Waals surface area (Å²) in [6.07, 6.45) is 0.661. The van der Waals surface area contributed by atoms with E-state index >= 15 is 0 Å². The van der Waals surface area contributed by atoms with E-state index in [4.69, 9.17) is 5.26 Å². The Kier molecular flexibility index (Phi) is 4.11. The van der Waals surface area contributed by atoms with E-state index < -0.39 is 6.10 Å². The predicted molar refractivity (Wildman–Crippen MR) is 76.9 cm³/mol. The molecule has 0 amide bonds. The van der Waals surface area contributed by atoms with Gasteiger partial charge in [0.25, 0.3) is 0 Å². The van der Waals surface area contributed by atoms with Crippen LogP contribution in [0.5, 0.6) is 0 Å². The molecule has 0 radical (unpaired) electrons. The molecule has 3 atom stereocenters. The zero-order valence-electron chi connectivity index (χ0n) is 11.9. The fraction of sp³-hybridized carbons (Fsp3) is 0.562. The van der Waals surface area contributed by atoms with E-state index in [9.17, 15) is 5.11 Å². The van der Waals surface area contributed by atoms with Crippen molar-refractivity contribution in [3.05, 3.63) is 29.3 Å². The molecule has 1 aromatic rings. The highest BCUT2D eigenvalue weighted by Crippen LogP contribution is 2.32. The van der Waals surface area contributed by atoms with Crippen molar-refractivity contribution in [2.75, 3.05) is 18.0 Å². The molecule has 0 aromatic heterocycles. The van der Waals surface area contributed by atoms with Crippen molar-refractivity contribution in [2.24, 2.45) is 11.8 Å². The molecule has 1 aliphatic rings. The first-order valence-electron chi connectivity index (χ1n) is 7.00. The van der Waals surface area contributed by atoms with Gasteiger partial charge in [-0.15, -0.1) is 0 Å². The summed E-state index contributed by atoms with van der Waals surface area (Å²) in [5.74, 6) is 1.38. The van der Waals surface area contributed by atoms with Gasteiger partial charge in [-0.05, 0) is 37.3 Å². The maximum Gasteiger partial charge on any atom is 0.0992 e. The first-order chi connectivity index (χ1) is 9.02. The highest BCUT2D eigenvalue weighted by atomic mass is 16.3. The van der Waals surface area contributed by atoms with Crippen molar-refractivity contribution < 1.29 is 5.11 Å². The van der Waals surface area contributed by atoms with Gasteiger partial charge in [-0.2, -0.15) is 5.26 Å². The molecular formula is C16H22N2O. The van der Waals surface area contributed by atoms with Crippen LogP contribution in [-0.2, 0) is 0 Å². The zero-order valence-corrected chi connectivity index (χ0v) is 11.9. The lowest BCUT2D eigenvalue weighted by Crippen LogP contribution is -2.39. The number of aliphatic hydroxyl groups excluding tert-OH is 1. The summed E-state index contributed by atoms with van der Waals surface area (Å²) in [5, 5.41) is 19.0. The first kappa shape index (κ1) is 13.9. The number of rotatable bonds is 2. The van der Waals surface area contributed by atoms with Crippen LogP contribution in [0.15, 0.2) is 18.2 Å². The summed E-state index contributed by atoms with van der Waals surface area (Å²) >= 11 is 0. The molecule has 102 valence electrons. The molecule has 19 heavy (non-hydrogen) atoms. The third-order valence-electron chi connectivity index (χ3n) is 4.28. The van der Waals surface area contributed by atoms with Crippen LogP contribution in [0.25, 0.3) is 0 Å². The van der Waals surface area contributed by atoms with E-state index in [1.807, 2.05) is 12.1 Å². The highest BCUT2D eigenvalue weighted by molar-refractivity contribution is 5.58. The van der Waals surface area contributed by atoms with Crippen LogP contribution in [-0.4, -0.2) is 18.2 Å². The second-order valence-corrected chi connectivity index (χ2v) is 5.75. The Labute approximate surface area is 115 Å². The van der Waals surface area contributed by atoms with Gasteiger partial charge in [0.05, 0.1) is 17.7 Å². The van der Waals surface area contributed by atoms with Crippen LogP contribution in [0.1, 0.15) is 44.4 Å². The van der Waals surface area contributed by atoms with Gasteiger partial charge in [0.15, 0.2) is 0 Å². The normalized spacial score (nSPS) is 24.9. The van der Waals surface area contributed by atoms with E-state index in [1.165, 1.54) is 0 Å². The minimum Gasteiger partial charge on any atom is -0.389 e. The lowest BCUT2D eigenvalue weighted by Gasteiger charge is -2.38. The molecule has 3 heteroatoms. The molecule has 0 spiro atoms. The quantitative estimate of drug-likeness (QED) is 0.886. The van der Waals surface area contributed by atoms with E-state index in [0.29, 0.717) is 11.5 Å². The third kappa shape index (κ3) is 2.90. The van der Waals surface area contributed by atoms with Gasteiger partial charge in [0, 0.05) is 24.3 Å². The Balaban J connectivity index is 2.34. The topological polar surface area (TPSA) is 47.3 Å². The van der Waals surface area contributed by atoms with Gasteiger partial charge >= 0.3 is 0 Å². The molecule has 3 nitrogen and oxygen atoms in total.